The second-order valence-electron chi connectivity index (χ2n) is 2.75. The Hall–Kier alpha value is -1.19. The lowest BCUT2D eigenvalue weighted by atomic mass is 10.0. The Kier molecular flexibility index (Phi) is 1.76. The molecule has 0 aromatic heterocycles. The van der Waals surface area contributed by atoms with Crippen LogP contribution in [0.25, 0.3) is 0 Å². The van der Waals surface area contributed by atoms with Gasteiger partial charge in [-0.1, -0.05) is 0 Å². The zero-order valence-electron chi connectivity index (χ0n) is 6.16. The van der Waals surface area contributed by atoms with Crippen LogP contribution in [0.3, 0.4) is 0 Å². The molecule has 0 aromatic rings. The third-order valence-corrected chi connectivity index (χ3v) is 2.00. The van der Waals surface area contributed by atoms with Gasteiger partial charge >= 0.3 is 0 Å². The van der Waals surface area contributed by atoms with Crippen LogP contribution in [0.1, 0.15) is 13.3 Å². The monoisotopic (exact) mass is 155 g/mol. The van der Waals surface area contributed by atoms with Crippen LogP contribution in [-0.2, 0) is 14.4 Å². The summed E-state index contributed by atoms with van der Waals surface area (Å²) in [6, 6.07) is 0. The van der Waals surface area contributed by atoms with Crippen molar-refractivity contribution in [3.63, 3.8) is 0 Å². The molecule has 0 unspecified atom stereocenters. The maximum atomic E-state index is 11.0. The minimum atomic E-state index is -0.863. The van der Waals surface area contributed by atoms with Gasteiger partial charge in [-0.05, 0) is 6.92 Å². The normalized spacial score (nSPS) is 31.0. The molecule has 4 heteroatoms. The Morgan fingerprint density at radius 2 is 2.09 bits per heavy atom. The Morgan fingerprint density at radius 3 is 2.27 bits per heavy atom. The van der Waals surface area contributed by atoms with E-state index in [1.807, 2.05) is 0 Å². The van der Waals surface area contributed by atoms with Crippen molar-refractivity contribution in [3.05, 3.63) is 0 Å². The Balaban J connectivity index is 2.83. The molecule has 1 fully saturated rings. The van der Waals surface area contributed by atoms with Crippen LogP contribution in [0, 0.1) is 11.8 Å². The first-order valence-electron chi connectivity index (χ1n) is 3.39. The van der Waals surface area contributed by atoms with E-state index in [0.717, 1.165) is 0 Å². The van der Waals surface area contributed by atoms with E-state index in [1.165, 1.54) is 6.92 Å². The zero-order chi connectivity index (χ0) is 8.59. The predicted octanol–water partition coefficient (Wildman–Crippen LogP) is -0.734. The third-order valence-electron chi connectivity index (χ3n) is 2.00. The van der Waals surface area contributed by atoms with Crippen LogP contribution < -0.4 is 5.73 Å². The highest BCUT2D eigenvalue weighted by Crippen LogP contribution is 2.22. The lowest BCUT2D eigenvalue weighted by molar-refractivity contribution is -0.131. The first-order chi connectivity index (χ1) is 5.04. The fourth-order valence-electron chi connectivity index (χ4n) is 1.18. The van der Waals surface area contributed by atoms with Crippen molar-refractivity contribution in [1.82, 2.24) is 0 Å². The summed E-state index contributed by atoms with van der Waals surface area (Å²) in [5.41, 5.74) is 4.90. The minimum Gasteiger partial charge on any atom is -0.369 e. The molecule has 0 radical (unpaired) electrons. The topological polar surface area (TPSA) is 77.2 Å². The summed E-state index contributed by atoms with van der Waals surface area (Å²) in [7, 11) is 0. The number of carbonyl (C=O) groups is 3. The van der Waals surface area contributed by atoms with E-state index < -0.39 is 17.7 Å². The molecule has 0 aliphatic heterocycles. The molecule has 4 nitrogen and oxygen atoms in total. The molecule has 2 N–H and O–H groups in total. The Morgan fingerprint density at radius 1 is 1.55 bits per heavy atom. The van der Waals surface area contributed by atoms with Crippen molar-refractivity contribution in [2.45, 2.75) is 13.3 Å². The van der Waals surface area contributed by atoms with Gasteiger partial charge in [-0.25, -0.2) is 0 Å². The lowest BCUT2D eigenvalue weighted by Crippen LogP contribution is -2.27. The van der Waals surface area contributed by atoms with Crippen LogP contribution >= 0.6 is 0 Å². The first-order valence-corrected chi connectivity index (χ1v) is 3.39. The molecule has 0 aromatic carbocycles. The molecule has 1 rings (SSSR count). The van der Waals surface area contributed by atoms with Gasteiger partial charge in [0.15, 0.2) is 5.78 Å². The number of nitrogens with two attached hydrogens (primary N) is 1. The molecule has 0 spiro atoms. The van der Waals surface area contributed by atoms with Crippen molar-refractivity contribution < 1.29 is 14.4 Å². The van der Waals surface area contributed by atoms with E-state index in [0.29, 0.717) is 0 Å². The fraction of sp³-hybridized carbons (Fsp3) is 0.571. The van der Waals surface area contributed by atoms with Gasteiger partial charge in [-0.15, -0.1) is 0 Å². The Labute approximate surface area is 63.7 Å². The second-order valence-corrected chi connectivity index (χ2v) is 2.75. The van der Waals surface area contributed by atoms with Gasteiger partial charge in [0.2, 0.25) is 5.91 Å². The summed E-state index contributed by atoms with van der Waals surface area (Å²) in [6.45, 7) is 1.51. The third kappa shape index (κ3) is 1.15. The van der Waals surface area contributed by atoms with E-state index in [-0.39, 0.29) is 18.0 Å². The van der Waals surface area contributed by atoms with Crippen molar-refractivity contribution in [2.24, 2.45) is 17.6 Å². The Bertz CT molecular complexity index is 234. The highest BCUT2D eigenvalue weighted by molar-refractivity contribution is 6.17. The molecule has 60 valence electrons. The molecular weight excluding hydrogens is 146 g/mol. The van der Waals surface area contributed by atoms with Crippen LogP contribution in [-0.4, -0.2) is 17.5 Å². The average molecular weight is 155 g/mol. The molecule has 2 atom stereocenters. The molecule has 1 saturated carbocycles. The molecule has 0 bridgehead atoms. The summed E-state index contributed by atoms with van der Waals surface area (Å²) < 4.78 is 0. The van der Waals surface area contributed by atoms with Gasteiger partial charge in [0.25, 0.3) is 0 Å². The highest BCUT2D eigenvalue weighted by atomic mass is 16.2. The predicted molar refractivity (Wildman–Crippen MR) is 36.5 cm³/mol. The van der Waals surface area contributed by atoms with Crippen LogP contribution in [0.2, 0.25) is 0 Å². The largest absolute Gasteiger partial charge is 0.369 e. The summed E-state index contributed by atoms with van der Waals surface area (Å²) >= 11 is 0. The van der Waals surface area contributed by atoms with Gasteiger partial charge < -0.3 is 5.73 Å². The summed E-state index contributed by atoms with van der Waals surface area (Å²) in [6.07, 6.45) is -0.00463. The highest BCUT2D eigenvalue weighted by Gasteiger charge is 2.40. The van der Waals surface area contributed by atoms with E-state index in [9.17, 15) is 14.4 Å². The standard InChI is InChI=1S/C7H9NO3/c1-3-5(9)2-4(6(3)10)7(8)11/h3-4H,2H2,1H3,(H2,8,11)/t3-,4+/m0/s1. The van der Waals surface area contributed by atoms with Crippen LogP contribution in [0.4, 0.5) is 0 Å². The summed E-state index contributed by atoms with van der Waals surface area (Å²) in [4.78, 5) is 32.5. The van der Waals surface area contributed by atoms with E-state index in [2.05, 4.69) is 0 Å². The van der Waals surface area contributed by atoms with Crippen molar-refractivity contribution in [2.75, 3.05) is 0 Å². The maximum Gasteiger partial charge on any atom is 0.228 e. The number of primary amides is 1. The van der Waals surface area contributed by atoms with Gasteiger partial charge in [0.1, 0.15) is 11.7 Å². The number of hydrogen-bond acceptors (Lipinski definition) is 3. The molecular formula is C7H9NO3. The minimum absolute atomic E-state index is 0.00463. The number of carbonyl (C=O) groups excluding carboxylic acids is 3. The first kappa shape index (κ1) is 7.91. The van der Waals surface area contributed by atoms with Gasteiger partial charge in [-0.2, -0.15) is 0 Å². The van der Waals surface area contributed by atoms with Crippen LogP contribution in [0.5, 0.6) is 0 Å². The number of hydrogen-bond donors (Lipinski definition) is 1. The van der Waals surface area contributed by atoms with Crippen LogP contribution in [0.15, 0.2) is 0 Å². The fourth-order valence-corrected chi connectivity index (χ4v) is 1.18. The van der Waals surface area contributed by atoms with E-state index >= 15 is 0 Å². The molecule has 1 aliphatic carbocycles. The number of Topliss-reactive ketones (excluding diaryl/α,β-unsaturated/α-hetero) is 2. The lowest BCUT2D eigenvalue weighted by Gasteiger charge is -1.99. The van der Waals surface area contributed by atoms with Crippen molar-refractivity contribution >= 4 is 17.5 Å². The number of amides is 1. The van der Waals surface area contributed by atoms with Gasteiger partial charge in [0, 0.05) is 6.42 Å². The number of ketones is 2. The number of rotatable bonds is 1. The molecule has 0 heterocycles. The van der Waals surface area contributed by atoms with Gasteiger partial charge in [-0.3, -0.25) is 14.4 Å². The average Bonchev–Trinajstić information content (AvgIpc) is 2.17. The van der Waals surface area contributed by atoms with Crippen molar-refractivity contribution in [3.8, 4) is 0 Å². The summed E-state index contributed by atoms with van der Waals surface area (Å²) in [5, 5.41) is 0. The second kappa shape index (κ2) is 2.45. The summed E-state index contributed by atoms with van der Waals surface area (Å²) in [5.74, 6) is -2.70. The zero-order valence-corrected chi connectivity index (χ0v) is 6.16. The smallest absolute Gasteiger partial charge is 0.228 e. The van der Waals surface area contributed by atoms with E-state index in [4.69, 9.17) is 5.73 Å². The quantitative estimate of drug-likeness (QED) is 0.507. The molecule has 11 heavy (non-hydrogen) atoms. The maximum absolute atomic E-state index is 11.0. The SMILES string of the molecule is C[C@H]1C(=O)C[C@@H](C(N)=O)C1=O. The molecule has 1 amide bonds. The van der Waals surface area contributed by atoms with E-state index in [1.54, 1.807) is 0 Å². The molecule has 0 saturated heterocycles. The van der Waals surface area contributed by atoms with Crippen molar-refractivity contribution in [1.29, 1.82) is 0 Å². The molecule has 1 aliphatic rings. The van der Waals surface area contributed by atoms with Gasteiger partial charge in [0.05, 0.1) is 5.92 Å².